The van der Waals surface area contributed by atoms with E-state index < -0.39 is 0 Å². The minimum Gasteiger partial charge on any atom is -0.377 e. The van der Waals surface area contributed by atoms with Crippen LogP contribution in [0.15, 0.2) is 24.3 Å². The highest BCUT2D eigenvalue weighted by Crippen LogP contribution is 2.18. The molecule has 18 heavy (non-hydrogen) atoms. The molecule has 2 atom stereocenters. The number of likely N-dealkylation sites (tertiary alicyclic amines) is 1. The molecular weight excluding hydrogens is 228 g/mol. The predicted octanol–water partition coefficient (Wildman–Crippen LogP) is 0.991. The van der Waals surface area contributed by atoms with Crippen LogP contribution in [0.5, 0.6) is 0 Å². The Morgan fingerprint density at radius 3 is 2.00 bits per heavy atom. The van der Waals surface area contributed by atoms with Crippen molar-refractivity contribution in [3.8, 4) is 0 Å². The molecule has 2 unspecified atom stereocenters. The number of nitrogens with two attached hydrogens (primary N) is 1. The van der Waals surface area contributed by atoms with E-state index in [-0.39, 0.29) is 12.2 Å². The molecule has 4 nitrogen and oxygen atoms in total. The number of methoxy groups -OCH3 is 2. The Hall–Kier alpha value is -0.940. The zero-order chi connectivity index (χ0) is 13.0. The van der Waals surface area contributed by atoms with Crippen molar-refractivity contribution in [1.82, 2.24) is 4.90 Å². The second-order valence-electron chi connectivity index (χ2n) is 4.76. The molecule has 1 aromatic carbocycles. The minimum atomic E-state index is 0.179. The molecule has 2 rings (SSSR count). The maximum absolute atomic E-state index is 5.59. The van der Waals surface area contributed by atoms with Gasteiger partial charge in [0.1, 0.15) is 0 Å². The highest BCUT2D eigenvalue weighted by atomic mass is 16.5. The lowest BCUT2D eigenvalue weighted by atomic mass is 10.1. The van der Waals surface area contributed by atoms with E-state index in [0.717, 1.165) is 19.6 Å². The fourth-order valence-corrected chi connectivity index (χ4v) is 2.44. The number of rotatable bonds is 5. The average molecular weight is 250 g/mol. The molecule has 0 aliphatic carbocycles. The third-order valence-electron chi connectivity index (χ3n) is 3.56. The lowest BCUT2D eigenvalue weighted by molar-refractivity contribution is -0.00461. The monoisotopic (exact) mass is 250 g/mol. The van der Waals surface area contributed by atoms with Gasteiger partial charge in [0.2, 0.25) is 0 Å². The quantitative estimate of drug-likeness (QED) is 0.846. The summed E-state index contributed by atoms with van der Waals surface area (Å²) in [6, 6.07) is 8.47. The molecule has 1 aliphatic rings. The summed E-state index contributed by atoms with van der Waals surface area (Å²) in [4.78, 5) is 2.36. The fraction of sp³-hybridized carbons (Fsp3) is 0.571. The van der Waals surface area contributed by atoms with E-state index in [4.69, 9.17) is 15.2 Å². The first-order valence-corrected chi connectivity index (χ1v) is 6.32. The summed E-state index contributed by atoms with van der Waals surface area (Å²) >= 11 is 0. The van der Waals surface area contributed by atoms with Crippen molar-refractivity contribution in [2.45, 2.75) is 25.3 Å². The number of nitrogens with zero attached hydrogens (tertiary/aromatic N) is 1. The van der Waals surface area contributed by atoms with Crippen LogP contribution < -0.4 is 5.73 Å². The lowest BCUT2D eigenvalue weighted by Gasteiger charge is -2.15. The Bertz CT molecular complexity index is 355. The smallest absolute Gasteiger partial charge is 0.0971 e. The van der Waals surface area contributed by atoms with Crippen LogP contribution in [-0.4, -0.2) is 44.4 Å². The summed E-state index contributed by atoms with van der Waals surface area (Å²) < 4.78 is 10.9. The first-order chi connectivity index (χ1) is 8.76. The number of hydrogen-bond donors (Lipinski definition) is 1. The predicted molar refractivity (Wildman–Crippen MR) is 71.2 cm³/mol. The van der Waals surface area contributed by atoms with Gasteiger partial charge in [0.25, 0.3) is 0 Å². The molecule has 1 fully saturated rings. The molecule has 0 spiro atoms. The van der Waals surface area contributed by atoms with Gasteiger partial charge in [-0.25, -0.2) is 0 Å². The van der Waals surface area contributed by atoms with Crippen molar-refractivity contribution in [3.63, 3.8) is 0 Å². The highest BCUT2D eigenvalue weighted by molar-refractivity contribution is 5.22. The van der Waals surface area contributed by atoms with E-state index in [1.54, 1.807) is 14.2 Å². The molecule has 0 amide bonds. The van der Waals surface area contributed by atoms with E-state index in [1.165, 1.54) is 11.1 Å². The zero-order valence-electron chi connectivity index (χ0n) is 11.1. The molecule has 100 valence electrons. The van der Waals surface area contributed by atoms with Gasteiger partial charge < -0.3 is 15.2 Å². The van der Waals surface area contributed by atoms with Gasteiger partial charge in [0, 0.05) is 40.4 Å². The van der Waals surface area contributed by atoms with Gasteiger partial charge in [0.05, 0.1) is 12.2 Å². The summed E-state index contributed by atoms with van der Waals surface area (Å²) in [7, 11) is 3.49. The molecule has 4 heteroatoms. The molecule has 0 radical (unpaired) electrons. The van der Waals surface area contributed by atoms with Crippen molar-refractivity contribution in [2.24, 2.45) is 5.73 Å². The SMILES string of the molecule is COC1CN(Cc2ccc(CN)cc2)CC1OC. The third-order valence-corrected chi connectivity index (χ3v) is 3.56. The summed E-state index contributed by atoms with van der Waals surface area (Å²) in [6.45, 7) is 3.38. The summed E-state index contributed by atoms with van der Waals surface area (Å²) in [5.74, 6) is 0. The molecule has 1 saturated heterocycles. The van der Waals surface area contributed by atoms with Gasteiger partial charge in [-0.1, -0.05) is 24.3 Å². The van der Waals surface area contributed by atoms with E-state index >= 15 is 0 Å². The molecule has 1 aromatic rings. The van der Waals surface area contributed by atoms with Gasteiger partial charge >= 0.3 is 0 Å². The first kappa shape index (κ1) is 13.5. The molecule has 0 saturated carbocycles. The molecule has 0 aromatic heterocycles. The van der Waals surface area contributed by atoms with E-state index in [9.17, 15) is 0 Å². The van der Waals surface area contributed by atoms with Crippen molar-refractivity contribution in [3.05, 3.63) is 35.4 Å². The van der Waals surface area contributed by atoms with Crippen LogP contribution in [0.3, 0.4) is 0 Å². The standard InChI is InChI=1S/C14H22N2O2/c1-17-13-9-16(10-14(13)18-2)8-12-5-3-11(7-15)4-6-12/h3-6,13-14H,7-10,15H2,1-2H3. The Labute approximate surface area is 109 Å². The second-order valence-corrected chi connectivity index (χ2v) is 4.76. The summed E-state index contributed by atoms with van der Waals surface area (Å²) in [5, 5.41) is 0. The lowest BCUT2D eigenvalue weighted by Crippen LogP contribution is -2.27. The fourth-order valence-electron chi connectivity index (χ4n) is 2.44. The van der Waals surface area contributed by atoms with Crippen LogP contribution in [0.4, 0.5) is 0 Å². The maximum Gasteiger partial charge on any atom is 0.0971 e. The Morgan fingerprint density at radius 2 is 1.56 bits per heavy atom. The maximum atomic E-state index is 5.59. The van der Waals surface area contributed by atoms with Crippen LogP contribution in [0.2, 0.25) is 0 Å². The van der Waals surface area contributed by atoms with Crippen molar-refractivity contribution in [2.75, 3.05) is 27.3 Å². The topological polar surface area (TPSA) is 47.7 Å². The van der Waals surface area contributed by atoms with Crippen LogP contribution in [0, 0.1) is 0 Å². The van der Waals surface area contributed by atoms with Crippen LogP contribution in [-0.2, 0) is 22.6 Å². The minimum absolute atomic E-state index is 0.179. The summed E-state index contributed by atoms with van der Waals surface area (Å²) in [5.41, 5.74) is 8.07. The zero-order valence-corrected chi connectivity index (χ0v) is 11.1. The van der Waals surface area contributed by atoms with E-state index in [2.05, 4.69) is 29.2 Å². The largest absolute Gasteiger partial charge is 0.377 e. The number of benzene rings is 1. The van der Waals surface area contributed by atoms with Crippen molar-refractivity contribution < 1.29 is 9.47 Å². The van der Waals surface area contributed by atoms with Gasteiger partial charge in [0.15, 0.2) is 0 Å². The van der Waals surface area contributed by atoms with Crippen molar-refractivity contribution in [1.29, 1.82) is 0 Å². The molecule has 1 aliphatic heterocycles. The summed E-state index contributed by atoms with van der Waals surface area (Å²) in [6.07, 6.45) is 0.358. The molecule has 0 bridgehead atoms. The average Bonchev–Trinajstić information content (AvgIpc) is 2.81. The van der Waals surface area contributed by atoms with Crippen molar-refractivity contribution >= 4 is 0 Å². The highest BCUT2D eigenvalue weighted by Gasteiger charge is 2.32. The molecule has 2 N–H and O–H groups in total. The Morgan fingerprint density at radius 1 is 1.06 bits per heavy atom. The normalized spacial score (nSPS) is 24.6. The van der Waals surface area contributed by atoms with Crippen LogP contribution >= 0.6 is 0 Å². The molecule has 1 heterocycles. The van der Waals surface area contributed by atoms with E-state index in [1.807, 2.05) is 0 Å². The van der Waals surface area contributed by atoms with Gasteiger partial charge in [-0.05, 0) is 11.1 Å². The van der Waals surface area contributed by atoms with Gasteiger partial charge in [-0.3, -0.25) is 4.90 Å². The van der Waals surface area contributed by atoms with E-state index in [0.29, 0.717) is 6.54 Å². The number of hydrogen-bond acceptors (Lipinski definition) is 4. The molecular formula is C14H22N2O2. The van der Waals surface area contributed by atoms with Crippen LogP contribution in [0.1, 0.15) is 11.1 Å². The van der Waals surface area contributed by atoms with Gasteiger partial charge in [-0.2, -0.15) is 0 Å². The second kappa shape index (κ2) is 6.29. The Balaban J connectivity index is 1.93. The van der Waals surface area contributed by atoms with Gasteiger partial charge in [-0.15, -0.1) is 0 Å². The Kier molecular flexibility index (Phi) is 4.72. The van der Waals surface area contributed by atoms with Crippen LogP contribution in [0.25, 0.3) is 0 Å². The number of ether oxygens (including phenoxy) is 2. The first-order valence-electron chi connectivity index (χ1n) is 6.32. The third kappa shape index (κ3) is 3.09.